The zero-order valence-electron chi connectivity index (χ0n) is 14.5. The van der Waals surface area contributed by atoms with Gasteiger partial charge in [-0.3, -0.25) is 0 Å². The molecule has 0 aliphatic carbocycles. The van der Waals surface area contributed by atoms with Gasteiger partial charge in [0.1, 0.15) is 6.61 Å². The highest BCUT2D eigenvalue weighted by Crippen LogP contribution is 2.29. The first-order chi connectivity index (χ1) is 12.7. The Morgan fingerprint density at radius 1 is 0.846 bits per heavy atom. The van der Waals surface area contributed by atoms with Crippen molar-refractivity contribution >= 4 is 17.3 Å². The number of halogens is 1. The van der Waals surface area contributed by atoms with Crippen LogP contribution < -0.4 is 20.3 Å². The largest absolute Gasteiger partial charge is 0.493 e. The van der Waals surface area contributed by atoms with E-state index in [1.165, 1.54) is 0 Å². The third-order valence-corrected chi connectivity index (χ3v) is 4.09. The molecule has 3 rings (SSSR count). The fourth-order valence-electron chi connectivity index (χ4n) is 2.46. The van der Waals surface area contributed by atoms with Crippen molar-refractivity contribution in [3.63, 3.8) is 0 Å². The zero-order valence-corrected chi connectivity index (χ0v) is 15.3. The van der Waals surface area contributed by atoms with E-state index in [0.29, 0.717) is 29.7 Å². The van der Waals surface area contributed by atoms with Gasteiger partial charge in [-0.25, -0.2) is 5.43 Å². The van der Waals surface area contributed by atoms with Crippen molar-refractivity contribution in [3.8, 4) is 11.5 Å². The third-order valence-electron chi connectivity index (χ3n) is 3.83. The van der Waals surface area contributed by atoms with E-state index in [-0.39, 0.29) is 0 Å². The molecule has 0 radical (unpaired) electrons. The smallest absolute Gasteiger partial charge is 0.161 e. The Labute approximate surface area is 158 Å². The molecule has 4 nitrogen and oxygen atoms in total. The summed E-state index contributed by atoms with van der Waals surface area (Å²) in [5.41, 5.74) is 9.52. The fourth-order valence-corrected chi connectivity index (χ4v) is 2.58. The van der Waals surface area contributed by atoms with Crippen LogP contribution in [0.25, 0.3) is 0 Å². The molecule has 0 spiro atoms. The lowest BCUT2D eigenvalue weighted by Crippen LogP contribution is -2.20. The Kier molecular flexibility index (Phi) is 6.36. The quantitative estimate of drug-likeness (QED) is 0.546. The van der Waals surface area contributed by atoms with Crippen LogP contribution in [0.1, 0.15) is 11.1 Å². The number of benzene rings is 3. The maximum atomic E-state index is 5.94. The van der Waals surface area contributed by atoms with Crippen LogP contribution in [-0.2, 0) is 13.2 Å². The molecular weight excluding hydrogens is 348 g/mol. The maximum absolute atomic E-state index is 5.94. The van der Waals surface area contributed by atoms with Crippen molar-refractivity contribution in [2.24, 2.45) is 0 Å². The third kappa shape index (κ3) is 5.15. The summed E-state index contributed by atoms with van der Waals surface area (Å²) in [4.78, 5) is 0. The van der Waals surface area contributed by atoms with Gasteiger partial charge in [0.25, 0.3) is 0 Å². The number of hydrazine groups is 1. The molecule has 0 heterocycles. The Bertz CT molecular complexity index is 823. The first-order valence-corrected chi connectivity index (χ1v) is 8.70. The summed E-state index contributed by atoms with van der Waals surface area (Å²) in [7, 11) is 1.64. The number of rotatable bonds is 8. The molecule has 2 N–H and O–H groups in total. The molecule has 0 aliphatic heterocycles. The van der Waals surface area contributed by atoms with Gasteiger partial charge in [-0.15, -0.1) is 0 Å². The second-order valence-corrected chi connectivity index (χ2v) is 6.18. The molecular formula is C21H21ClN2O2. The van der Waals surface area contributed by atoms with Gasteiger partial charge in [-0.05, 0) is 47.5 Å². The topological polar surface area (TPSA) is 42.5 Å². The molecule has 0 aromatic heterocycles. The van der Waals surface area contributed by atoms with Gasteiger partial charge in [0.2, 0.25) is 0 Å². The van der Waals surface area contributed by atoms with E-state index < -0.39 is 0 Å². The van der Waals surface area contributed by atoms with Gasteiger partial charge in [0.15, 0.2) is 11.5 Å². The second-order valence-electron chi connectivity index (χ2n) is 5.74. The van der Waals surface area contributed by atoms with Crippen molar-refractivity contribution in [1.29, 1.82) is 0 Å². The number of para-hydroxylation sites is 1. The standard InChI is InChI=1S/C21H21ClN2O2/c1-25-20-12-9-17(14-23-24-19-5-3-2-4-6-19)13-21(20)26-15-16-7-10-18(22)11-8-16/h2-13,23-24H,14-15H2,1H3. The van der Waals surface area contributed by atoms with E-state index >= 15 is 0 Å². The molecule has 0 aliphatic rings. The van der Waals surface area contributed by atoms with E-state index in [9.17, 15) is 0 Å². The van der Waals surface area contributed by atoms with E-state index in [2.05, 4.69) is 10.9 Å². The van der Waals surface area contributed by atoms with Crippen LogP contribution in [0, 0.1) is 0 Å². The van der Waals surface area contributed by atoms with E-state index in [4.69, 9.17) is 21.1 Å². The average Bonchev–Trinajstić information content (AvgIpc) is 2.68. The van der Waals surface area contributed by atoms with Crippen LogP contribution in [0.5, 0.6) is 11.5 Å². The molecule has 0 fully saturated rings. The molecule has 0 saturated carbocycles. The van der Waals surface area contributed by atoms with Crippen LogP contribution >= 0.6 is 11.6 Å². The number of nitrogens with one attached hydrogen (secondary N) is 2. The van der Waals surface area contributed by atoms with Crippen molar-refractivity contribution in [3.05, 3.63) is 88.9 Å². The number of anilines is 1. The molecule has 134 valence electrons. The van der Waals surface area contributed by atoms with Crippen LogP contribution in [0.3, 0.4) is 0 Å². The average molecular weight is 369 g/mol. The Morgan fingerprint density at radius 3 is 2.31 bits per heavy atom. The summed E-state index contributed by atoms with van der Waals surface area (Å²) in [6, 6.07) is 23.5. The monoisotopic (exact) mass is 368 g/mol. The first kappa shape index (κ1) is 18.1. The van der Waals surface area contributed by atoms with Crippen molar-refractivity contribution < 1.29 is 9.47 Å². The summed E-state index contributed by atoms with van der Waals surface area (Å²) in [5, 5.41) is 0.713. The summed E-state index contributed by atoms with van der Waals surface area (Å²) in [6.07, 6.45) is 0. The van der Waals surface area contributed by atoms with Crippen LogP contribution in [0.15, 0.2) is 72.8 Å². The molecule has 5 heteroatoms. The summed E-state index contributed by atoms with van der Waals surface area (Å²) in [6.45, 7) is 1.10. The van der Waals surface area contributed by atoms with Crippen molar-refractivity contribution in [1.82, 2.24) is 5.43 Å². The normalized spacial score (nSPS) is 10.4. The number of hydrogen-bond donors (Lipinski definition) is 2. The Balaban J connectivity index is 1.61. The minimum absolute atomic E-state index is 0.451. The van der Waals surface area contributed by atoms with Gasteiger partial charge in [-0.2, -0.15) is 0 Å². The number of ether oxygens (including phenoxy) is 2. The maximum Gasteiger partial charge on any atom is 0.161 e. The minimum Gasteiger partial charge on any atom is -0.493 e. The lowest BCUT2D eigenvalue weighted by Gasteiger charge is -2.13. The van der Waals surface area contributed by atoms with E-state index in [1.807, 2.05) is 72.8 Å². The van der Waals surface area contributed by atoms with Crippen LogP contribution in [0.4, 0.5) is 5.69 Å². The fraction of sp³-hybridized carbons (Fsp3) is 0.143. The zero-order chi connectivity index (χ0) is 18.2. The molecule has 0 saturated heterocycles. The predicted octanol–water partition coefficient (Wildman–Crippen LogP) is 5.04. The number of hydrogen-bond acceptors (Lipinski definition) is 4. The molecule has 0 atom stereocenters. The lowest BCUT2D eigenvalue weighted by molar-refractivity contribution is 0.284. The van der Waals surface area contributed by atoms with Gasteiger partial charge < -0.3 is 14.9 Å². The predicted molar refractivity (Wildman–Crippen MR) is 106 cm³/mol. The highest BCUT2D eigenvalue weighted by Gasteiger charge is 2.06. The highest BCUT2D eigenvalue weighted by molar-refractivity contribution is 6.30. The van der Waals surface area contributed by atoms with Crippen molar-refractivity contribution in [2.75, 3.05) is 12.5 Å². The molecule has 0 unspecified atom stereocenters. The lowest BCUT2D eigenvalue weighted by atomic mass is 10.2. The first-order valence-electron chi connectivity index (χ1n) is 8.32. The van der Waals surface area contributed by atoms with E-state index in [0.717, 1.165) is 16.8 Å². The highest BCUT2D eigenvalue weighted by atomic mass is 35.5. The molecule has 0 bridgehead atoms. The van der Waals surface area contributed by atoms with Gasteiger partial charge in [0, 0.05) is 17.3 Å². The van der Waals surface area contributed by atoms with Gasteiger partial charge in [0.05, 0.1) is 7.11 Å². The molecule has 3 aromatic carbocycles. The van der Waals surface area contributed by atoms with E-state index in [1.54, 1.807) is 7.11 Å². The SMILES string of the molecule is COc1ccc(CNNc2ccccc2)cc1OCc1ccc(Cl)cc1. The summed E-state index contributed by atoms with van der Waals surface area (Å²) < 4.78 is 11.3. The minimum atomic E-state index is 0.451. The van der Waals surface area contributed by atoms with Gasteiger partial charge in [-0.1, -0.05) is 48.0 Å². The molecule has 26 heavy (non-hydrogen) atoms. The second kappa shape index (κ2) is 9.13. The molecule has 0 amide bonds. The summed E-state index contributed by atoms with van der Waals surface area (Å²) in [5.74, 6) is 1.42. The Morgan fingerprint density at radius 2 is 1.58 bits per heavy atom. The molecule has 3 aromatic rings. The van der Waals surface area contributed by atoms with Crippen LogP contribution in [-0.4, -0.2) is 7.11 Å². The van der Waals surface area contributed by atoms with Crippen LogP contribution in [0.2, 0.25) is 5.02 Å². The summed E-state index contributed by atoms with van der Waals surface area (Å²) >= 11 is 5.92. The Hall–Kier alpha value is -2.69. The van der Waals surface area contributed by atoms with Gasteiger partial charge >= 0.3 is 0 Å². The van der Waals surface area contributed by atoms with Crippen molar-refractivity contribution in [2.45, 2.75) is 13.2 Å². The number of methoxy groups -OCH3 is 1.